The van der Waals surface area contributed by atoms with Gasteiger partial charge in [-0.25, -0.2) is 18.0 Å². The van der Waals surface area contributed by atoms with Gasteiger partial charge in [-0.1, -0.05) is 0 Å². The van der Waals surface area contributed by atoms with E-state index in [-0.39, 0.29) is 37.7 Å². The summed E-state index contributed by atoms with van der Waals surface area (Å²) in [6.07, 6.45) is 0. The lowest BCUT2D eigenvalue weighted by molar-refractivity contribution is -0.126. The van der Waals surface area contributed by atoms with Crippen LogP contribution in [0.25, 0.3) is 0 Å². The Morgan fingerprint density at radius 1 is 0.973 bits per heavy atom. The molecule has 1 aliphatic heterocycles. The Bertz CT molecular complexity index is 1200. The molecule has 12 nitrogen and oxygen atoms in total. The number of carbonyl (C=O) groups is 3. The average molecular weight is 535 g/mol. The Morgan fingerprint density at radius 3 is 2.24 bits per heavy atom. The average Bonchev–Trinajstić information content (AvgIpc) is 2.92. The number of amides is 3. The molecule has 200 valence electrons. The third-order valence-electron chi connectivity index (χ3n) is 5.75. The summed E-state index contributed by atoms with van der Waals surface area (Å²) >= 11 is 0. The van der Waals surface area contributed by atoms with Crippen LogP contribution >= 0.6 is 0 Å². The molecule has 0 spiro atoms. The molecule has 2 aromatic carbocycles. The number of esters is 1. The number of carbonyl (C=O) groups excluding carboxylic acids is 3. The molecular weight excluding hydrogens is 504 g/mol. The molecule has 1 atom stereocenters. The first-order valence-electron chi connectivity index (χ1n) is 11.4. The number of sulfonamides is 1. The van der Waals surface area contributed by atoms with Crippen molar-refractivity contribution in [1.29, 1.82) is 0 Å². The van der Waals surface area contributed by atoms with Crippen LogP contribution in [0, 0.1) is 0 Å². The van der Waals surface area contributed by atoms with E-state index in [9.17, 15) is 22.8 Å². The highest BCUT2D eigenvalue weighted by Crippen LogP contribution is 2.24. The zero-order valence-corrected chi connectivity index (χ0v) is 21.6. The number of rotatable bonds is 9. The third kappa shape index (κ3) is 6.76. The van der Waals surface area contributed by atoms with Crippen LogP contribution in [0.2, 0.25) is 0 Å². The molecule has 37 heavy (non-hydrogen) atoms. The summed E-state index contributed by atoms with van der Waals surface area (Å²) in [5.41, 5.74) is 0.748. The Balaban J connectivity index is 1.78. The second-order valence-electron chi connectivity index (χ2n) is 8.04. The minimum absolute atomic E-state index is 0.00610. The predicted molar refractivity (Wildman–Crippen MR) is 134 cm³/mol. The van der Waals surface area contributed by atoms with Crippen LogP contribution in [0.5, 0.6) is 5.75 Å². The molecule has 0 saturated carbocycles. The first-order chi connectivity index (χ1) is 17.7. The number of methoxy groups -OCH3 is 3. The van der Waals surface area contributed by atoms with Gasteiger partial charge < -0.3 is 29.7 Å². The van der Waals surface area contributed by atoms with Crippen LogP contribution in [0.15, 0.2) is 53.4 Å². The second kappa shape index (κ2) is 12.5. The predicted octanol–water partition coefficient (Wildman–Crippen LogP) is 1.15. The fourth-order valence-corrected chi connectivity index (χ4v) is 5.31. The summed E-state index contributed by atoms with van der Waals surface area (Å²) in [4.78, 5) is 39.0. The van der Waals surface area contributed by atoms with Crippen molar-refractivity contribution < 1.29 is 37.0 Å². The topological polar surface area (TPSA) is 144 Å². The zero-order chi connectivity index (χ0) is 27.0. The SMILES string of the molecule is COCCNC(=O)C1CN(C(=O)Nc2ccc(C(=O)OC)cc2)CCN1S(=O)(=O)c1ccc(OC)cc1. The number of nitrogens with zero attached hydrogens (tertiary/aromatic N) is 2. The summed E-state index contributed by atoms with van der Waals surface area (Å²) in [5, 5.41) is 5.37. The molecule has 2 aromatic rings. The molecule has 1 unspecified atom stereocenters. The first kappa shape index (κ1) is 27.9. The molecule has 3 rings (SSSR count). The second-order valence-corrected chi connectivity index (χ2v) is 9.93. The van der Waals surface area contributed by atoms with E-state index < -0.39 is 34.0 Å². The Labute approximate surface area is 215 Å². The van der Waals surface area contributed by atoms with Gasteiger partial charge in [0.2, 0.25) is 15.9 Å². The normalized spacial score (nSPS) is 16.1. The number of benzene rings is 2. The molecule has 2 N–H and O–H groups in total. The van der Waals surface area contributed by atoms with Gasteiger partial charge in [-0.15, -0.1) is 0 Å². The van der Waals surface area contributed by atoms with Crippen molar-refractivity contribution >= 4 is 33.6 Å². The number of hydrogen-bond acceptors (Lipinski definition) is 8. The van der Waals surface area contributed by atoms with E-state index in [1.165, 1.54) is 62.6 Å². The van der Waals surface area contributed by atoms with Crippen molar-refractivity contribution in [3.63, 3.8) is 0 Å². The van der Waals surface area contributed by atoms with Gasteiger partial charge in [0.25, 0.3) is 0 Å². The van der Waals surface area contributed by atoms with Crippen molar-refractivity contribution in [2.75, 3.05) is 59.4 Å². The number of urea groups is 1. The first-order valence-corrected chi connectivity index (χ1v) is 12.8. The zero-order valence-electron chi connectivity index (χ0n) is 20.8. The van der Waals surface area contributed by atoms with Crippen LogP contribution in [0.4, 0.5) is 10.5 Å². The summed E-state index contributed by atoms with van der Waals surface area (Å²) < 4.78 is 42.7. The molecule has 13 heteroatoms. The highest BCUT2D eigenvalue weighted by atomic mass is 32.2. The standard InChI is InChI=1S/C24H30N4O8S/c1-34-15-12-25-22(29)21-16-27(24(31)26-18-6-4-17(5-7-18)23(30)36-3)13-14-28(21)37(32,33)20-10-8-19(35-2)9-11-20/h4-11,21H,12-16H2,1-3H3,(H,25,29)(H,26,31). The minimum Gasteiger partial charge on any atom is -0.497 e. The largest absolute Gasteiger partial charge is 0.497 e. The van der Waals surface area contributed by atoms with E-state index in [4.69, 9.17) is 9.47 Å². The smallest absolute Gasteiger partial charge is 0.337 e. The van der Waals surface area contributed by atoms with Gasteiger partial charge >= 0.3 is 12.0 Å². The van der Waals surface area contributed by atoms with E-state index in [0.717, 1.165) is 4.31 Å². The van der Waals surface area contributed by atoms with E-state index in [2.05, 4.69) is 15.4 Å². The van der Waals surface area contributed by atoms with Crippen molar-refractivity contribution in [3.8, 4) is 5.75 Å². The van der Waals surface area contributed by atoms with E-state index in [1.54, 1.807) is 12.1 Å². The monoisotopic (exact) mass is 534 g/mol. The summed E-state index contributed by atoms with van der Waals surface area (Å²) in [7, 11) is 0.177. The summed E-state index contributed by atoms with van der Waals surface area (Å²) in [6.45, 7) is 0.228. The Morgan fingerprint density at radius 2 is 1.65 bits per heavy atom. The van der Waals surface area contributed by atoms with Gasteiger partial charge in [-0.05, 0) is 48.5 Å². The van der Waals surface area contributed by atoms with E-state index in [1.807, 2.05) is 0 Å². The Hall–Kier alpha value is -3.68. The van der Waals surface area contributed by atoms with Crippen molar-refractivity contribution in [2.45, 2.75) is 10.9 Å². The van der Waals surface area contributed by atoms with Crippen molar-refractivity contribution in [3.05, 3.63) is 54.1 Å². The van der Waals surface area contributed by atoms with Crippen LogP contribution in [-0.4, -0.2) is 95.7 Å². The lowest BCUT2D eigenvalue weighted by Gasteiger charge is -2.39. The van der Waals surface area contributed by atoms with Gasteiger partial charge in [0, 0.05) is 39.0 Å². The number of anilines is 1. The number of ether oxygens (including phenoxy) is 3. The number of nitrogens with one attached hydrogen (secondary N) is 2. The third-order valence-corrected chi connectivity index (χ3v) is 7.67. The maximum Gasteiger partial charge on any atom is 0.337 e. The highest BCUT2D eigenvalue weighted by molar-refractivity contribution is 7.89. The molecule has 1 fully saturated rings. The molecule has 0 aromatic heterocycles. The maximum atomic E-state index is 13.4. The molecule has 0 radical (unpaired) electrons. The number of hydrogen-bond donors (Lipinski definition) is 2. The van der Waals surface area contributed by atoms with Crippen molar-refractivity contribution in [2.24, 2.45) is 0 Å². The van der Waals surface area contributed by atoms with Crippen LogP contribution in [0.1, 0.15) is 10.4 Å². The quantitative estimate of drug-likeness (QED) is 0.360. The highest BCUT2D eigenvalue weighted by Gasteiger charge is 2.41. The summed E-state index contributed by atoms with van der Waals surface area (Å²) in [5.74, 6) is -0.558. The fourth-order valence-electron chi connectivity index (χ4n) is 3.74. The fraction of sp³-hybridized carbons (Fsp3) is 0.375. The molecule has 3 amide bonds. The molecule has 0 aliphatic carbocycles. The van der Waals surface area contributed by atoms with Crippen LogP contribution in [0.3, 0.4) is 0 Å². The van der Waals surface area contributed by atoms with E-state index >= 15 is 0 Å². The van der Waals surface area contributed by atoms with Gasteiger partial charge in [-0.3, -0.25) is 4.79 Å². The van der Waals surface area contributed by atoms with Crippen LogP contribution < -0.4 is 15.4 Å². The molecule has 1 aliphatic rings. The lowest BCUT2D eigenvalue weighted by atomic mass is 10.2. The van der Waals surface area contributed by atoms with Gasteiger partial charge in [0.1, 0.15) is 11.8 Å². The number of piperazine rings is 1. The molecule has 1 heterocycles. The molecular formula is C24H30N4O8S. The molecule has 1 saturated heterocycles. The van der Waals surface area contributed by atoms with Crippen molar-refractivity contribution in [1.82, 2.24) is 14.5 Å². The molecule has 0 bridgehead atoms. The lowest BCUT2D eigenvalue weighted by Crippen LogP contribution is -2.62. The van der Waals surface area contributed by atoms with Gasteiger partial charge in [0.05, 0.1) is 31.3 Å². The summed E-state index contributed by atoms with van der Waals surface area (Å²) in [6, 6.07) is 10.3. The van der Waals surface area contributed by atoms with E-state index in [0.29, 0.717) is 17.0 Å². The minimum atomic E-state index is -4.05. The Kier molecular flexibility index (Phi) is 9.44. The maximum absolute atomic E-state index is 13.4. The van der Waals surface area contributed by atoms with Gasteiger partial charge in [-0.2, -0.15) is 4.31 Å². The van der Waals surface area contributed by atoms with Gasteiger partial charge in [0.15, 0.2) is 0 Å². The van der Waals surface area contributed by atoms with Crippen LogP contribution in [-0.2, 0) is 24.3 Å².